The highest BCUT2D eigenvalue weighted by Crippen LogP contribution is 2.45. The Bertz CT molecular complexity index is 539. The highest BCUT2D eigenvalue weighted by molar-refractivity contribution is 5.81. The number of nitrogens with zero attached hydrogens (tertiary/aromatic N) is 1. The largest absolute Gasteiger partial charge is 0.497 e. The van der Waals surface area contributed by atoms with Gasteiger partial charge in [0.2, 0.25) is 0 Å². The number of esters is 1. The summed E-state index contributed by atoms with van der Waals surface area (Å²) in [7, 11) is 3.11. The predicted molar refractivity (Wildman–Crippen MR) is 84.1 cm³/mol. The molecule has 1 heterocycles. The van der Waals surface area contributed by atoms with Gasteiger partial charge in [-0.1, -0.05) is 6.92 Å². The Hall–Kier alpha value is -1.71. The Morgan fingerprint density at radius 2 is 2.05 bits per heavy atom. The molecule has 21 heavy (non-hydrogen) atoms. The fraction of sp³-hybridized carbons (Fsp3) is 0.588. The molecule has 4 heteroatoms. The van der Waals surface area contributed by atoms with Gasteiger partial charge in [-0.05, 0) is 56.9 Å². The number of methoxy groups -OCH3 is 2. The molecule has 0 saturated heterocycles. The van der Waals surface area contributed by atoms with Gasteiger partial charge in [0, 0.05) is 11.2 Å². The lowest BCUT2D eigenvalue weighted by Gasteiger charge is -2.49. The van der Waals surface area contributed by atoms with Gasteiger partial charge in [-0.25, -0.2) is 4.79 Å². The number of hydrogen-bond acceptors (Lipinski definition) is 4. The number of fused-ring (bicyclic) bond motifs is 1. The summed E-state index contributed by atoms with van der Waals surface area (Å²) >= 11 is 0. The molecule has 0 spiro atoms. The van der Waals surface area contributed by atoms with Crippen LogP contribution in [-0.4, -0.2) is 31.8 Å². The van der Waals surface area contributed by atoms with Crippen LogP contribution in [0.15, 0.2) is 18.2 Å². The second kappa shape index (κ2) is 5.58. The van der Waals surface area contributed by atoms with Crippen molar-refractivity contribution in [3.8, 4) is 5.75 Å². The second-order valence-corrected chi connectivity index (χ2v) is 6.41. The maximum absolute atomic E-state index is 12.0. The molecule has 1 aromatic carbocycles. The maximum Gasteiger partial charge on any atom is 0.328 e. The Kier molecular flexibility index (Phi) is 4.17. The summed E-state index contributed by atoms with van der Waals surface area (Å²) < 4.78 is 10.3. The number of ether oxygens (including phenoxy) is 2. The summed E-state index contributed by atoms with van der Waals surface area (Å²) in [5, 5.41) is 0. The van der Waals surface area contributed by atoms with E-state index in [2.05, 4.69) is 31.7 Å². The van der Waals surface area contributed by atoms with E-state index in [1.165, 1.54) is 12.7 Å². The molecule has 0 saturated carbocycles. The molecule has 0 unspecified atom stereocenters. The molecule has 0 bridgehead atoms. The lowest BCUT2D eigenvalue weighted by atomic mass is 9.79. The third-order valence-corrected chi connectivity index (χ3v) is 4.41. The Balaban J connectivity index is 2.53. The van der Waals surface area contributed by atoms with Crippen LogP contribution in [0.1, 0.15) is 45.6 Å². The van der Waals surface area contributed by atoms with Gasteiger partial charge >= 0.3 is 5.97 Å². The van der Waals surface area contributed by atoms with Crippen molar-refractivity contribution in [2.24, 2.45) is 0 Å². The highest BCUT2D eigenvalue weighted by atomic mass is 16.5. The Labute approximate surface area is 127 Å². The van der Waals surface area contributed by atoms with Gasteiger partial charge in [0.05, 0.1) is 14.2 Å². The van der Waals surface area contributed by atoms with Gasteiger partial charge in [-0.3, -0.25) is 0 Å². The van der Waals surface area contributed by atoms with Crippen molar-refractivity contribution in [1.29, 1.82) is 0 Å². The van der Waals surface area contributed by atoms with Crippen LogP contribution in [0.2, 0.25) is 0 Å². The Morgan fingerprint density at radius 3 is 2.62 bits per heavy atom. The van der Waals surface area contributed by atoms with Crippen LogP contribution in [0.3, 0.4) is 0 Å². The predicted octanol–water partition coefficient (Wildman–Crippen LogP) is 3.35. The number of hydrogen-bond donors (Lipinski definition) is 0. The lowest BCUT2D eigenvalue weighted by Crippen LogP contribution is -2.55. The first-order valence-corrected chi connectivity index (χ1v) is 7.37. The molecule has 2 atom stereocenters. The van der Waals surface area contributed by atoms with E-state index in [9.17, 15) is 4.79 Å². The molecule has 0 fully saturated rings. The average Bonchev–Trinajstić information content (AvgIpc) is 2.44. The van der Waals surface area contributed by atoms with Crippen LogP contribution >= 0.6 is 0 Å². The third kappa shape index (κ3) is 2.71. The van der Waals surface area contributed by atoms with Crippen molar-refractivity contribution < 1.29 is 14.3 Å². The second-order valence-electron chi connectivity index (χ2n) is 6.41. The number of carbonyl (C=O) groups excluding carboxylic acids is 1. The van der Waals surface area contributed by atoms with Crippen molar-refractivity contribution in [2.45, 2.75) is 51.6 Å². The summed E-state index contributed by atoms with van der Waals surface area (Å²) in [5.41, 5.74) is 2.22. The van der Waals surface area contributed by atoms with E-state index in [1.54, 1.807) is 7.11 Å². The average molecular weight is 291 g/mol. The first-order chi connectivity index (χ1) is 9.81. The summed E-state index contributed by atoms with van der Waals surface area (Å²) in [4.78, 5) is 14.2. The van der Waals surface area contributed by atoms with Gasteiger partial charge in [-0.2, -0.15) is 0 Å². The minimum Gasteiger partial charge on any atom is -0.497 e. The summed E-state index contributed by atoms with van der Waals surface area (Å²) in [6.45, 7) is 8.48. The first kappa shape index (κ1) is 15.7. The number of carbonyl (C=O) groups is 1. The number of anilines is 1. The van der Waals surface area contributed by atoms with Crippen molar-refractivity contribution in [1.82, 2.24) is 0 Å². The topological polar surface area (TPSA) is 38.8 Å². The van der Waals surface area contributed by atoms with Gasteiger partial charge in [0.25, 0.3) is 0 Å². The number of benzene rings is 1. The molecule has 0 amide bonds. The zero-order valence-electron chi connectivity index (χ0n) is 13.8. The van der Waals surface area contributed by atoms with Crippen LogP contribution in [0, 0.1) is 0 Å². The zero-order valence-corrected chi connectivity index (χ0v) is 13.8. The van der Waals surface area contributed by atoms with Crippen molar-refractivity contribution in [2.75, 3.05) is 19.1 Å². The van der Waals surface area contributed by atoms with E-state index < -0.39 is 0 Å². The normalized spacial score (nSPS) is 21.4. The molecule has 0 radical (unpaired) electrons. The molecular weight excluding hydrogens is 266 g/mol. The molecule has 116 valence electrons. The van der Waals surface area contributed by atoms with Crippen molar-refractivity contribution >= 4 is 11.7 Å². The van der Waals surface area contributed by atoms with E-state index in [4.69, 9.17) is 9.47 Å². The van der Waals surface area contributed by atoms with Crippen molar-refractivity contribution in [3.05, 3.63) is 23.8 Å². The molecule has 2 rings (SSSR count). The first-order valence-electron chi connectivity index (χ1n) is 7.37. The third-order valence-electron chi connectivity index (χ3n) is 4.41. The summed E-state index contributed by atoms with van der Waals surface area (Å²) in [6, 6.07) is 5.76. The summed E-state index contributed by atoms with van der Waals surface area (Å²) in [6.07, 6.45) is 0.981. The van der Waals surface area contributed by atoms with Gasteiger partial charge < -0.3 is 14.4 Å². The van der Waals surface area contributed by atoms with E-state index in [-0.39, 0.29) is 17.6 Å². The van der Waals surface area contributed by atoms with Gasteiger partial charge in [-0.15, -0.1) is 0 Å². The molecule has 1 aromatic rings. The molecule has 4 nitrogen and oxygen atoms in total. The molecule has 0 N–H and O–H groups in total. The minimum absolute atomic E-state index is 0.103. The molecule has 1 aliphatic heterocycles. The van der Waals surface area contributed by atoms with Gasteiger partial charge in [0.1, 0.15) is 11.8 Å². The summed E-state index contributed by atoms with van der Waals surface area (Å²) in [5.74, 6) is 1.07. The van der Waals surface area contributed by atoms with Crippen molar-refractivity contribution in [3.63, 3.8) is 0 Å². The van der Waals surface area contributed by atoms with Crippen LogP contribution in [0.25, 0.3) is 0 Å². The quantitative estimate of drug-likeness (QED) is 0.801. The molecular formula is C17H25NO3. The maximum atomic E-state index is 12.0. The smallest absolute Gasteiger partial charge is 0.328 e. The zero-order chi connectivity index (χ0) is 15.8. The molecule has 0 aromatic heterocycles. The van der Waals surface area contributed by atoms with E-state index in [0.717, 1.165) is 17.9 Å². The number of rotatable bonds is 3. The standard InChI is InChI=1S/C17H25NO3/c1-11-10-17(3,4)18(12(2)16(19)21-6)15-8-7-13(20-5)9-14(11)15/h7-9,11-12H,10H2,1-6H3/t11-,12-/m0/s1. The fourth-order valence-corrected chi connectivity index (χ4v) is 3.57. The molecule has 1 aliphatic rings. The Morgan fingerprint density at radius 1 is 1.38 bits per heavy atom. The fourth-order valence-electron chi connectivity index (χ4n) is 3.57. The van der Waals surface area contributed by atoms with Crippen LogP contribution in [-0.2, 0) is 9.53 Å². The van der Waals surface area contributed by atoms with E-state index in [0.29, 0.717) is 5.92 Å². The minimum atomic E-state index is -0.315. The van der Waals surface area contributed by atoms with E-state index >= 15 is 0 Å². The van der Waals surface area contributed by atoms with Crippen LogP contribution in [0.4, 0.5) is 5.69 Å². The monoisotopic (exact) mass is 291 g/mol. The highest BCUT2D eigenvalue weighted by Gasteiger charge is 2.41. The van der Waals surface area contributed by atoms with Gasteiger partial charge in [0.15, 0.2) is 0 Å². The van der Waals surface area contributed by atoms with Crippen LogP contribution in [0.5, 0.6) is 5.75 Å². The van der Waals surface area contributed by atoms with Crippen LogP contribution < -0.4 is 9.64 Å². The lowest BCUT2D eigenvalue weighted by molar-refractivity contribution is -0.142. The molecule has 0 aliphatic carbocycles. The van der Waals surface area contributed by atoms with E-state index in [1.807, 2.05) is 19.1 Å². The SMILES string of the molecule is COC(=O)[C@H](C)N1c2ccc(OC)cc2[C@@H](C)CC1(C)C.